The quantitative estimate of drug-likeness (QED) is 0.678. The molecule has 0 amide bonds. The summed E-state index contributed by atoms with van der Waals surface area (Å²) in [5, 5.41) is 0.412. The number of nitrogens with zero attached hydrogens (tertiary/aromatic N) is 1. The predicted octanol–water partition coefficient (Wildman–Crippen LogP) is 3.46. The van der Waals surface area contributed by atoms with Crippen LogP contribution in [-0.4, -0.2) is 4.98 Å². The number of pyridine rings is 1. The van der Waals surface area contributed by atoms with Crippen LogP contribution in [0.5, 0.6) is 0 Å². The second-order valence-corrected chi connectivity index (χ2v) is 4.73. The Morgan fingerprint density at radius 2 is 2.08 bits per heavy atom. The highest BCUT2D eigenvalue weighted by Crippen LogP contribution is 2.24. The van der Waals surface area contributed by atoms with Crippen molar-refractivity contribution in [1.29, 1.82) is 0 Å². The second-order valence-electron chi connectivity index (χ2n) is 4.32. The smallest absolute Gasteiger partial charge is 0.142 e. The van der Waals surface area contributed by atoms with E-state index in [-0.39, 0.29) is 11.2 Å². The minimum Gasteiger partial charge on any atom is -0.257 e. The first-order valence-electron chi connectivity index (χ1n) is 4.18. The Morgan fingerprint density at radius 1 is 1.46 bits per heavy atom. The summed E-state index contributed by atoms with van der Waals surface area (Å²) in [6, 6.07) is 1.30. The molecular weight excluding hydrogens is 189 g/mol. The third-order valence-corrected chi connectivity index (χ3v) is 1.91. The summed E-state index contributed by atoms with van der Waals surface area (Å²) in [6.45, 7) is 6.27. The maximum Gasteiger partial charge on any atom is 0.142 e. The van der Waals surface area contributed by atoms with Crippen molar-refractivity contribution < 1.29 is 4.39 Å². The Hall–Kier alpha value is -0.630. The van der Waals surface area contributed by atoms with E-state index in [2.05, 4.69) is 25.8 Å². The van der Waals surface area contributed by atoms with E-state index in [0.717, 1.165) is 12.1 Å². The topological polar surface area (TPSA) is 12.9 Å². The van der Waals surface area contributed by atoms with Gasteiger partial charge in [-0.1, -0.05) is 32.4 Å². The van der Waals surface area contributed by atoms with Crippen molar-refractivity contribution in [2.45, 2.75) is 27.2 Å². The van der Waals surface area contributed by atoms with Gasteiger partial charge in [-0.25, -0.2) is 4.39 Å². The van der Waals surface area contributed by atoms with Crippen LogP contribution < -0.4 is 0 Å². The first-order valence-corrected chi connectivity index (χ1v) is 4.56. The standard InChI is InChI=1S/C10H13ClFN/c1-10(2,3)5-9-8(11)4-7(12)6-13-9/h4,6H,5H2,1-3H3. The van der Waals surface area contributed by atoms with Crippen LogP contribution in [0.25, 0.3) is 0 Å². The highest BCUT2D eigenvalue weighted by molar-refractivity contribution is 6.31. The largest absolute Gasteiger partial charge is 0.257 e. The Kier molecular flexibility index (Phi) is 2.91. The fourth-order valence-electron chi connectivity index (χ4n) is 1.08. The summed E-state index contributed by atoms with van der Waals surface area (Å²) < 4.78 is 12.6. The van der Waals surface area contributed by atoms with Gasteiger partial charge >= 0.3 is 0 Å². The van der Waals surface area contributed by atoms with Crippen molar-refractivity contribution in [2.75, 3.05) is 0 Å². The van der Waals surface area contributed by atoms with Crippen LogP contribution in [0.2, 0.25) is 5.02 Å². The molecule has 1 aromatic rings. The third-order valence-electron chi connectivity index (χ3n) is 1.58. The Balaban J connectivity index is 2.90. The first-order chi connectivity index (χ1) is 5.88. The van der Waals surface area contributed by atoms with Crippen molar-refractivity contribution in [1.82, 2.24) is 4.98 Å². The van der Waals surface area contributed by atoms with Crippen molar-refractivity contribution in [2.24, 2.45) is 5.41 Å². The van der Waals surface area contributed by atoms with Gasteiger partial charge in [0, 0.05) is 0 Å². The zero-order chi connectivity index (χ0) is 10.1. The van der Waals surface area contributed by atoms with Crippen molar-refractivity contribution >= 4 is 11.6 Å². The molecule has 1 aromatic heterocycles. The normalized spacial score (nSPS) is 11.8. The molecule has 0 aliphatic carbocycles. The van der Waals surface area contributed by atoms with E-state index in [1.807, 2.05) is 0 Å². The van der Waals surface area contributed by atoms with Gasteiger partial charge in [0.2, 0.25) is 0 Å². The molecule has 3 heteroatoms. The van der Waals surface area contributed by atoms with E-state index < -0.39 is 0 Å². The van der Waals surface area contributed by atoms with Crippen LogP contribution in [0.4, 0.5) is 4.39 Å². The van der Waals surface area contributed by atoms with Gasteiger partial charge in [0.15, 0.2) is 0 Å². The minimum atomic E-state index is -0.386. The lowest BCUT2D eigenvalue weighted by Crippen LogP contribution is -2.11. The van der Waals surface area contributed by atoms with Crippen molar-refractivity contribution in [3.63, 3.8) is 0 Å². The summed E-state index contributed by atoms with van der Waals surface area (Å²) in [4.78, 5) is 3.96. The molecule has 1 nitrogen and oxygen atoms in total. The Bertz CT molecular complexity index is 304. The molecular formula is C10H13ClFN. The SMILES string of the molecule is CC(C)(C)Cc1ncc(F)cc1Cl. The van der Waals surface area contributed by atoms with Crippen LogP contribution in [0.1, 0.15) is 26.5 Å². The summed E-state index contributed by atoms with van der Waals surface area (Å²) in [5.41, 5.74) is 0.879. The van der Waals surface area contributed by atoms with Gasteiger partial charge in [0.1, 0.15) is 5.82 Å². The minimum absolute atomic E-state index is 0.120. The number of aromatic nitrogens is 1. The second kappa shape index (κ2) is 3.62. The molecule has 0 radical (unpaired) electrons. The number of hydrogen-bond donors (Lipinski definition) is 0. The predicted molar refractivity (Wildman–Crippen MR) is 52.4 cm³/mol. The fraction of sp³-hybridized carbons (Fsp3) is 0.500. The van der Waals surface area contributed by atoms with Gasteiger partial charge < -0.3 is 0 Å². The fourth-order valence-corrected chi connectivity index (χ4v) is 1.30. The molecule has 72 valence electrons. The van der Waals surface area contributed by atoms with E-state index in [0.29, 0.717) is 5.02 Å². The summed E-state index contributed by atoms with van der Waals surface area (Å²) >= 11 is 5.83. The highest BCUT2D eigenvalue weighted by atomic mass is 35.5. The zero-order valence-corrected chi connectivity index (χ0v) is 8.82. The number of rotatable bonds is 1. The molecule has 1 rings (SSSR count). The van der Waals surface area contributed by atoms with E-state index in [4.69, 9.17) is 11.6 Å². The summed E-state index contributed by atoms with van der Waals surface area (Å²) in [7, 11) is 0. The van der Waals surface area contributed by atoms with Crippen LogP contribution in [-0.2, 0) is 6.42 Å². The van der Waals surface area contributed by atoms with Crippen molar-refractivity contribution in [3.8, 4) is 0 Å². The van der Waals surface area contributed by atoms with Crippen LogP contribution >= 0.6 is 11.6 Å². The molecule has 0 atom stereocenters. The monoisotopic (exact) mass is 201 g/mol. The Labute approximate surface area is 82.9 Å². The molecule has 1 heterocycles. The number of hydrogen-bond acceptors (Lipinski definition) is 1. The summed E-state index contributed by atoms with van der Waals surface area (Å²) in [6.07, 6.45) is 1.96. The number of halogens is 2. The molecule has 0 bridgehead atoms. The lowest BCUT2D eigenvalue weighted by Gasteiger charge is -2.17. The highest BCUT2D eigenvalue weighted by Gasteiger charge is 2.14. The van der Waals surface area contributed by atoms with E-state index >= 15 is 0 Å². The molecule has 0 unspecified atom stereocenters. The van der Waals surface area contributed by atoms with Gasteiger partial charge in [-0.2, -0.15) is 0 Å². The molecule has 0 aliphatic heterocycles. The first kappa shape index (κ1) is 10.5. The zero-order valence-electron chi connectivity index (χ0n) is 8.06. The molecule has 0 aliphatic rings. The molecule has 0 saturated carbocycles. The van der Waals surface area contributed by atoms with E-state index in [1.54, 1.807) is 0 Å². The van der Waals surface area contributed by atoms with Gasteiger partial charge in [-0.3, -0.25) is 4.98 Å². The lowest BCUT2D eigenvalue weighted by atomic mass is 9.90. The van der Waals surface area contributed by atoms with E-state index in [1.165, 1.54) is 12.3 Å². The molecule has 13 heavy (non-hydrogen) atoms. The van der Waals surface area contributed by atoms with Crippen LogP contribution in [0, 0.1) is 11.2 Å². The molecule has 0 fully saturated rings. The van der Waals surface area contributed by atoms with Crippen LogP contribution in [0.3, 0.4) is 0 Å². The average molecular weight is 202 g/mol. The Morgan fingerprint density at radius 3 is 2.54 bits per heavy atom. The molecule has 0 aromatic carbocycles. The summed E-state index contributed by atoms with van der Waals surface area (Å²) in [5.74, 6) is -0.386. The van der Waals surface area contributed by atoms with Gasteiger partial charge in [0.05, 0.1) is 16.9 Å². The van der Waals surface area contributed by atoms with Gasteiger partial charge in [-0.05, 0) is 17.9 Å². The molecule has 0 spiro atoms. The van der Waals surface area contributed by atoms with Gasteiger partial charge in [0.25, 0.3) is 0 Å². The van der Waals surface area contributed by atoms with E-state index in [9.17, 15) is 4.39 Å². The maximum atomic E-state index is 12.6. The maximum absolute atomic E-state index is 12.6. The van der Waals surface area contributed by atoms with Crippen LogP contribution in [0.15, 0.2) is 12.3 Å². The third kappa shape index (κ3) is 3.31. The molecule has 0 saturated heterocycles. The average Bonchev–Trinajstić information content (AvgIpc) is 1.93. The lowest BCUT2D eigenvalue weighted by molar-refractivity contribution is 0.406. The van der Waals surface area contributed by atoms with Crippen molar-refractivity contribution in [3.05, 3.63) is 28.8 Å². The van der Waals surface area contributed by atoms with Gasteiger partial charge in [-0.15, -0.1) is 0 Å². The molecule has 0 N–H and O–H groups in total.